The van der Waals surface area contributed by atoms with Crippen molar-refractivity contribution in [1.82, 2.24) is 4.98 Å². The van der Waals surface area contributed by atoms with E-state index >= 15 is 0 Å². The number of carbonyl (C=O) groups is 1. The molecule has 2 N–H and O–H groups in total. The summed E-state index contributed by atoms with van der Waals surface area (Å²) in [6, 6.07) is 0. The first kappa shape index (κ1) is 16.3. The maximum atomic E-state index is 10.6. The number of rotatable bonds is 8. The number of anilines is 1. The van der Waals surface area contributed by atoms with Gasteiger partial charge >= 0.3 is 5.97 Å². The average molecular weight is 310 g/mol. The highest BCUT2D eigenvalue weighted by molar-refractivity contribution is 7.13. The van der Waals surface area contributed by atoms with E-state index in [4.69, 9.17) is 5.11 Å². The summed E-state index contributed by atoms with van der Waals surface area (Å²) in [5.41, 5.74) is 1.32. The predicted octanol–water partition coefficient (Wildman–Crippen LogP) is 4.18. The second kappa shape index (κ2) is 7.25. The van der Waals surface area contributed by atoms with Crippen molar-refractivity contribution in [2.75, 3.05) is 11.9 Å². The van der Waals surface area contributed by atoms with E-state index in [-0.39, 0.29) is 6.42 Å². The van der Waals surface area contributed by atoms with Crippen LogP contribution in [-0.4, -0.2) is 22.6 Å². The third-order valence-electron chi connectivity index (χ3n) is 4.27. The maximum Gasteiger partial charge on any atom is 0.303 e. The van der Waals surface area contributed by atoms with Crippen LogP contribution in [0.4, 0.5) is 5.13 Å². The molecule has 1 aromatic heterocycles. The Hall–Kier alpha value is -1.10. The number of thiazole rings is 1. The van der Waals surface area contributed by atoms with E-state index < -0.39 is 5.97 Å². The molecule has 4 nitrogen and oxygen atoms in total. The Labute approximate surface area is 131 Å². The first-order valence-electron chi connectivity index (χ1n) is 7.89. The molecule has 1 saturated carbocycles. The van der Waals surface area contributed by atoms with Crippen LogP contribution in [0, 0.1) is 11.3 Å². The van der Waals surface area contributed by atoms with Gasteiger partial charge in [-0.15, -0.1) is 11.3 Å². The van der Waals surface area contributed by atoms with Gasteiger partial charge in [0.05, 0.1) is 12.1 Å². The van der Waals surface area contributed by atoms with Gasteiger partial charge < -0.3 is 10.4 Å². The highest BCUT2D eigenvalue weighted by Gasteiger charge is 2.34. The van der Waals surface area contributed by atoms with Crippen LogP contribution < -0.4 is 5.32 Å². The van der Waals surface area contributed by atoms with Gasteiger partial charge in [-0.05, 0) is 30.6 Å². The predicted molar refractivity (Wildman–Crippen MR) is 86.9 cm³/mol. The van der Waals surface area contributed by atoms with Crippen LogP contribution in [-0.2, 0) is 11.2 Å². The van der Waals surface area contributed by atoms with Crippen LogP contribution in [0.3, 0.4) is 0 Å². The van der Waals surface area contributed by atoms with Crippen molar-refractivity contribution in [2.24, 2.45) is 11.3 Å². The molecule has 0 spiro atoms. The largest absolute Gasteiger partial charge is 0.481 e. The minimum absolute atomic E-state index is 0.153. The van der Waals surface area contributed by atoms with Crippen LogP contribution in [0.1, 0.15) is 58.1 Å². The van der Waals surface area contributed by atoms with Crippen molar-refractivity contribution in [2.45, 2.75) is 58.8 Å². The smallest absolute Gasteiger partial charge is 0.303 e. The zero-order valence-corrected chi connectivity index (χ0v) is 13.8. The van der Waals surface area contributed by atoms with Crippen LogP contribution >= 0.6 is 11.3 Å². The van der Waals surface area contributed by atoms with Crippen LogP contribution in [0.5, 0.6) is 0 Å². The molecule has 0 aliphatic heterocycles. The number of aromatic nitrogens is 1. The van der Waals surface area contributed by atoms with Crippen molar-refractivity contribution >= 4 is 22.4 Å². The number of hydrogen-bond acceptors (Lipinski definition) is 4. The zero-order valence-electron chi connectivity index (χ0n) is 13.0. The summed E-state index contributed by atoms with van der Waals surface area (Å²) in [5, 5.41) is 15.1. The third-order valence-corrected chi connectivity index (χ3v) is 5.12. The molecule has 1 aromatic rings. The number of aliphatic carboxylic acids is 1. The van der Waals surface area contributed by atoms with Gasteiger partial charge in [-0.25, -0.2) is 4.98 Å². The third kappa shape index (κ3) is 4.99. The lowest BCUT2D eigenvalue weighted by atomic mass is 9.78. The highest BCUT2D eigenvalue weighted by atomic mass is 32.1. The van der Waals surface area contributed by atoms with E-state index in [9.17, 15) is 4.79 Å². The maximum absolute atomic E-state index is 10.6. The molecule has 1 fully saturated rings. The monoisotopic (exact) mass is 310 g/mol. The fourth-order valence-electron chi connectivity index (χ4n) is 3.45. The summed E-state index contributed by atoms with van der Waals surface area (Å²) in [6.07, 6.45) is 7.26. The normalized spacial score (nSPS) is 17.3. The van der Waals surface area contributed by atoms with Gasteiger partial charge in [-0.1, -0.05) is 26.7 Å². The molecule has 21 heavy (non-hydrogen) atoms. The van der Waals surface area contributed by atoms with E-state index in [2.05, 4.69) is 24.1 Å². The van der Waals surface area contributed by atoms with Crippen molar-refractivity contribution < 1.29 is 9.90 Å². The molecule has 118 valence electrons. The lowest BCUT2D eigenvalue weighted by Gasteiger charge is -2.31. The number of nitrogens with one attached hydrogen (secondary N) is 1. The minimum atomic E-state index is -0.764. The van der Waals surface area contributed by atoms with E-state index in [0.717, 1.165) is 23.3 Å². The van der Waals surface area contributed by atoms with E-state index in [0.29, 0.717) is 11.8 Å². The number of aryl methyl sites for hydroxylation is 1. The Morgan fingerprint density at radius 2 is 2.19 bits per heavy atom. The Bertz CT molecular complexity index is 465. The molecule has 1 aliphatic rings. The fraction of sp³-hybridized carbons (Fsp3) is 0.750. The first-order valence-corrected chi connectivity index (χ1v) is 8.77. The van der Waals surface area contributed by atoms with E-state index in [1.165, 1.54) is 32.1 Å². The summed E-state index contributed by atoms with van der Waals surface area (Å²) in [6.45, 7) is 5.60. The number of carboxylic acids is 1. The standard InChI is InChI=1S/C16H26N2O2S/c1-12(2)9-16(7-3-4-8-16)11-17-15-18-13(10-21-15)5-6-14(19)20/h10,12H,3-9,11H2,1-2H3,(H,17,18)(H,19,20). The van der Waals surface area contributed by atoms with Gasteiger partial charge in [-0.2, -0.15) is 0 Å². The number of carboxylic acid groups (broad SMARTS) is 1. The molecule has 0 radical (unpaired) electrons. The van der Waals surface area contributed by atoms with Crippen molar-refractivity contribution in [3.8, 4) is 0 Å². The Morgan fingerprint density at radius 1 is 1.48 bits per heavy atom. The topological polar surface area (TPSA) is 62.2 Å². The Balaban J connectivity index is 1.87. The van der Waals surface area contributed by atoms with Gasteiger partial charge in [0.15, 0.2) is 5.13 Å². The SMILES string of the molecule is CC(C)CC1(CNc2nc(CCC(=O)O)cs2)CCCC1. The quantitative estimate of drug-likeness (QED) is 0.756. The van der Waals surface area contributed by atoms with E-state index in [1.54, 1.807) is 11.3 Å². The molecule has 0 atom stereocenters. The summed E-state index contributed by atoms with van der Waals surface area (Å²) in [5.74, 6) is -0.0355. The average Bonchev–Trinajstić information content (AvgIpc) is 3.03. The Morgan fingerprint density at radius 3 is 2.81 bits per heavy atom. The minimum Gasteiger partial charge on any atom is -0.481 e. The molecular weight excluding hydrogens is 284 g/mol. The Kier molecular flexibility index (Phi) is 5.62. The molecule has 0 unspecified atom stereocenters. The first-order chi connectivity index (χ1) is 9.99. The van der Waals surface area contributed by atoms with Gasteiger partial charge in [0, 0.05) is 18.3 Å². The summed E-state index contributed by atoms with van der Waals surface area (Å²) in [4.78, 5) is 15.1. The molecule has 0 bridgehead atoms. The van der Waals surface area contributed by atoms with Crippen molar-refractivity contribution in [1.29, 1.82) is 0 Å². The van der Waals surface area contributed by atoms with E-state index in [1.807, 2.05) is 5.38 Å². The van der Waals surface area contributed by atoms with Crippen LogP contribution in [0.25, 0.3) is 0 Å². The lowest BCUT2D eigenvalue weighted by molar-refractivity contribution is -0.136. The fourth-order valence-corrected chi connectivity index (χ4v) is 4.19. The summed E-state index contributed by atoms with van der Waals surface area (Å²) in [7, 11) is 0. The van der Waals surface area contributed by atoms with Crippen LogP contribution in [0.2, 0.25) is 0 Å². The molecule has 0 amide bonds. The van der Waals surface area contributed by atoms with Gasteiger partial charge in [-0.3, -0.25) is 4.79 Å². The molecule has 1 aliphatic carbocycles. The molecule has 2 rings (SSSR count). The molecular formula is C16H26N2O2S. The van der Waals surface area contributed by atoms with Gasteiger partial charge in [0.1, 0.15) is 0 Å². The van der Waals surface area contributed by atoms with Crippen molar-refractivity contribution in [3.63, 3.8) is 0 Å². The summed E-state index contributed by atoms with van der Waals surface area (Å²) >= 11 is 1.59. The molecule has 0 saturated heterocycles. The van der Waals surface area contributed by atoms with Gasteiger partial charge in [0.25, 0.3) is 0 Å². The summed E-state index contributed by atoms with van der Waals surface area (Å²) < 4.78 is 0. The zero-order chi connectivity index (χ0) is 15.3. The molecule has 1 heterocycles. The lowest BCUT2D eigenvalue weighted by Crippen LogP contribution is -2.28. The molecule has 5 heteroatoms. The van der Waals surface area contributed by atoms with Crippen LogP contribution in [0.15, 0.2) is 5.38 Å². The highest BCUT2D eigenvalue weighted by Crippen LogP contribution is 2.43. The second-order valence-corrected chi connectivity index (χ2v) is 7.55. The van der Waals surface area contributed by atoms with Crippen molar-refractivity contribution in [3.05, 3.63) is 11.1 Å². The second-order valence-electron chi connectivity index (χ2n) is 6.70. The molecule has 0 aromatic carbocycles. The number of nitrogens with zero attached hydrogens (tertiary/aromatic N) is 1. The number of hydrogen-bond donors (Lipinski definition) is 2. The van der Waals surface area contributed by atoms with Gasteiger partial charge in [0.2, 0.25) is 0 Å².